The van der Waals surface area contributed by atoms with Gasteiger partial charge >= 0.3 is 0 Å². The maximum atomic E-state index is 13.7. The van der Waals surface area contributed by atoms with Crippen LogP contribution in [0.2, 0.25) is 5.02 Å². The summed E-state index contributed by atoms with van der Waals surface area (Å²) < 4.78 is 19.7. The van der Waals surface area contributed by atoms with E-state index in [0.29, 0.717) is 10.6 Å². The van der Waals surface area contributed by atoms with Gasteiger partial charge in [-0.15, -0.1) is 0 Å². The Morgan fingerprint density at radius 3 is 1.97 bits per heavy atom. The van der Waals surface area contributed by atoms with Crippen LogP contribution < -0.4 is 4.90 Å². The molecule has 0 saturated carbocycles. The molecular weight excluding hydrogens is 461 g/mol. The van der Waals surface area contributed by atoms with Gasteiger partial charge in [-0.1, -0.05) is 48.0 Å². The summed E-state index contributed by atoms with van der Waals surface area (Å²) >= 11 is 6.02. The van der Waals surface area contributed by atoms with Crippen LogP contribution in [0.15, 0.2) is 72.8 Å². The number of imide groups is 1. The smallest absolute Gasteiger partial charge is 0.241 e. The molecule has 8 heteroatoms. The molecule has 3 aliphatic rings. The highest BCUT2D eigenvalue weighted by atomic mass is 35.5. The Morgan fingerprint density at radius 1 is 0.794 bits per heavy atom. The number of amides is 2. The zero-order chi connectivity index (χ0) is 23.8. The van der Waals surface area contributed by atoms with Crippen molar-refractivity contribution in [3.05, 3.63) is 100 Å². The van der Waals surface area contributed by atoms with Crippen molar-refractivity contribution in [3.8, 4) is 0 Å². The number of carbonyl (C=O) groups excluding carboxylic acids is 4. The molecule has 2 aliphatic heterocycles. The molecule has 34 heavy (non-hydrogen) atoms. The number of ether oxygens (including phenoxy) is 1. The molecule has 0 unspecified atom stereocenters. The van der Waals surface area contributed by atoms with Gasteiger partial charge in [-0.3, -0.25) is 19.2 Å². The molecule has 2 heterocycles. The summed E-state index contributed by atoms with van der Waals surface area (Å²) in [5.74, 6) is -5.64. The molecule has 6 nitrogen and oxygen atoms in total. The number of Topliss-reactive ketones (excluding diaryl/α,β-unsaturated/α-hetero) is 2. The van der Waals surface area contributed by atoms with E-state index in [9.17, 15) is 23.6 Å². The van der Waals surface area contributed by atoms with Crippen molar-refractivity contribution in [3.63, 3.8) is 0 Å². The molecule has 0 N–H and O–H groups in total. The van der Waals surface area contributed by atoms with Crippen LogP contribution in [-0.2, 0) is 14.3 Å². The van der Waals surface area contributed by atoms with Gasteiger partial charge in [-0.25, -0.2) is 9.29 Å². The lowest BCUT2D eigenvalue weighted by molar-refractivity contribution is -0.127. The van der Waals surface area contributed by atoms with Gasteiger partial charge in [0.25, 0.3) is 0 Å². The molecular formula is C26H15ClFNO5. The number of carbonyl (C=O) groups is 4. The molecule has 3 aromatic carbocycles. The van der Waals surface area contributed by atoms with E-state index in [1.807, 2.05) is 0 Å². The predicted octanol–water partition coefficient (Wildman–Crippen LogP) is 4.17. The molecule has 2 amide bonds. The molecule has 2 fully saturated rings. The first-order valence-electron chi connectivity index (χ1n) is 10.6. The standard InChI is InChI=1S/C26H15ClFNO5/c27-14-7-5-13(6-8-14)21-19-20(25(33)29(24(19)32)16-11-9-15(28)10-12-16)26(34-21)22(30)17-3-1-2-4-18(17)23(26)31/h1-12,19-21H/t19-,20+,21+/m1/s1. The number of benzene rings is 3. The molecule has 3 atom stereocenters. The summed E-state index contributed by atoms with van der Waals surface area (Å²) in [4.78, 5) is 55.6. The molecule has 0 aromatic heterocycles. The van der Waals surface area contributed by atoms with Crippen molar-refractivity contribution >= 4 is 40.7 Å². The lowest BCUT2D eigenvalue weighted by atomic mass is 9.77. The van der Waals surface area contributed by atoms with Crippen molar-refractivity contribution in [1.82, 2.24) is 0 Å². The SMILES string of the molecule is O=C1[C@@H]2[C@@H](C(=O)N1c1ccc(F)cc1)C1(O[C@H]2c2ccc(Cl)cc2)C(=O)c2ccccc2C1=O. The molecule has 1 aliphatic carbocycles. The zero-order valence-electron chi connectivity index (χ0n) is 17.4. The number of ketones is 2. The fourth-order valence-electron chi connectivity index (χ4n) is 5.32. The Morgan fingerprint density at radius 2 is 1.38 bits per heavy atom. The van der Waals surface area contributed by atoms with Crippen molar-refractivity contribution in [1.29, 1.82) is 0 Å². The largest absolute Gasteiger partial charge is 0.349 e. The highest BCUT2D eigenvalue weighted by molar-refractivity contribution is 6.37. The van der Waals surface area contributed by atoms with Gasteiger partial charge in [0.1, 0.15) is 5.82 Å². The minimum Gasteiger partial charge on any atom is -0.349 e. The first-order chi connectivity index (χ1) is 16.3. The Kier molecular flexibility index (Phi) is 4.40. The lowest BCUT2D eigenvalue weighted by Gasteiger charge is -2.27. The topological polar surface area (TPSA) is 80.8 Å². The Labute approximate surface area is 197 Å². The normalized spacial score (nSPS) is 24.8. The van der Waals surface area contributed by atoms with E-state index in [-0.39, 0.29) is 16.8 Å². The predicted molar refractivity (Wildman–Crippen MR) is 119 cm³/mol. The summed E-state index contributed by atoms with van der Waals surface area (Å²) in [5.41, 5.74) is -1.17. The van der Waals surface area contributed by atoms with Crippen LogP contribution in [0.25, 0.3) is 0 Å². The third kappa shape index (κ3) is 2.59. The number of fused-ring (bicyclic) bond motifs is 3. The van der Waals surface area contributed by atoms with Crippen molar-refractivity contribution in [2.45, 2.75) is 11.7 Å². The van der Waals surface area contributed by atoms with Crippen LogP contribution in [-0.4, -0.2) is 29.0 Å². The second-order valence-corrected chi connectivity index (χ2v) is 8.96. The molecule has 168 valence electrons. The minimum absolute atomic E-state index is 0.156. The third-order valence-electron chi connectivity index (χ3n) is 6.80. The summed E-state index contributed by atoms with van der Waals surface area (Å²) in [6.45, 7) is 0. The van der Waals surface area contributed by atoms with Crippen LogP contribution in [0.4, 0.5) is 10.1 Å². The van der Waals surface area contributed by atoms with E-state index < -0.39 is 52.7 Å². The maximum Gasteiger partial charge on any atom is 0.241 e. The molecule has 0 bridgehead atoms. The van der Waals surface area contributed by atoms with Gasteiger partial charge in [-0.2, -0.15) is 0 Å². The molecule has 6 rings (SSSR count). The van der Waals surface area contributed by atoms with Gasteiger partial charge in [0.2, 0.25) is 29.0 Å². The van der Waals surface area contributed by atoms with Crippen LogP contribution >= 0.6 is 11.6 Å². The average molecular weight is 476 g/mol. The number of nitrogens with zero attached hydrogens (tertiary/aromatic N) is 1. The molecule has 0 radical (unpaired) electrons. The van der Waals surface area contributed by atoms with Crippen molar-refractivity contribution in [2.75, 3.05) is 4.90 Å². The Balaban J connectivity index is 1.54. The second kappa shape index (κ2) is 7.16. The number of hydrogen-bond acceptors (Lipinski definition) is 5. The van der Waals surface area contributed by atoms with Gasteiger partial charge in [-0.05, 0) is 42.0 Å². The number of anilines is 1. The summed E-state index contributed by atoms with van der Waals surface area (Å²) in [7, 11) is 0. The van der Waals surface area contributed by atoms with Crippen LogP contribution in [0.5, 0.6) is 0 Å². The zero-order valence-corrected chi connectivity index (χ0v) is 18.2. The quantitative estimate of drug-likeness (QED) is 0.410. The van der Waals surface area contributed by atoms with E-state index in [1.165, 1.54) is 24.3 Å². The highest BCUT2D eigenvalue weighted by Gasteiger charge is 2.74. The average Bonchev–Trinajstić information content (AvgIpc) is 3.40. The highest BCUT2D eigenvalue weighted by Crippen LogP contribution is 2.57. The first kappa shape index (κ1) is 20.9. The lowest BCUT2D eigenvalue weighted by Crippen LogP contribution is -2.51. The minimum atomic E-state index is -2.15. The van der Waals surface area contributed by atoms with Crippen LogP contribution in [0.3, 0.4) is 0 Å². The Bertz CT molecular complexity index is 1370. The number of hydrogen-bond donors (Lipinski definition) is 0. The van der Waals surface area contributed by atoms with E-state index in [0.717, 1.165) is 17.0 Å². The molecule has 2 saturated heterocycles. The van der Waals surface area contributed by atoms with E-state index in [2.05, 4.69) is 0 Å². The summed E-state index contributed by atoms with van der Waals surface area (Å²) in [6, 6.07) is 17.6. The fourth-order valence-corrected chi connectivity index (χ4v) is 5.44. The fraction of sp³-hybridized carbons (Fsp3) is 0.154. The van der Waals surface area contributed by atoms with E-state index >= 15 is 0 Å². The van der Waals surface area contributed by atoms with Gasteiger partial charge in [0.05, 0.1) is 23.6 Å². The second-order valence-electron chi connectivity index (χ2n) is 8.52. The number of rotatable bonds is 2. The maximum absolute atomic E-state index is 13.7. The summed E-state index contributed by atoms with van der Waals surface area (Å²) in [5, 5.41) is 0.454. The van der Waals surface area contributed by atoms with Gasteiger partial charge < -0.3 is 4.74 Å². The summed E-state index contributed by atoms with van der Waals surface area (Å²) in [6.07, 6.45) is -1.04. The molecule has 3 aromatic rings. The molecule has 1 spiro atoms. The van der Waals surface area contributed by atoms with Gasteiger partial charge in [0, 0.05) is 16.1 Å². The van der Waals surface area contributed by atoms with E-state index in [4.69, 9.17) is 16.3 Å². The third-order valence-corrected chi connectivity index (χ3v) is 7.05. The van der Waals surface area contributed by atoms with Crippen LogP contribution in [0.1, 0.15) is 32.4 Å². The van der Waals surface area contributed by atoms with Crippen molar-refractivity contribution in [2.24, 2.45) is 11.8 Å². The first-order valence-corrected chi connectivity index (χ1v) is 11.0. The van der Waals surface area contributed by atoms with Gasteiger partial charge in [0.15, 0.2) is 0 Å². The van der Waals surface area contributed by atoms with Crippen molar-refractivity contribution < 1.29 is 28.3 Å². The van der Waals surface area contributed by atoms with Crippen LogP contribution in [0, 0.1) is 17.7 Å². The monoisotopic (exact) mass is 475 g/mol. The van der Waals surface area contributed by atoms with E-state index in [1.54, 1.807) is 36.4 Å². The number of halogens is 2. The Hall–Kier alpha value is -3.68.